The molecule has 1 amide bonds. The number of fused-ring (bicyclic) bond motifs is 1. The van der Waals surface area contributed by atoms with Gasteiger partial charge >= 0.3 is 0 Å². The van der Waals surface area contributed by atoms with Gasteiger partial charge in [-0.1, -0.05) is 40.9 Å². The van der Waals surface area contributed by atoms with E-state index in [1.54, 1.807) is 0 Å². The third-order valence-electron chi connectivity index (χ3n) is 4.20. The Morgan fingerprint density at radius 1 is 1.10 bits per heavy atom. The standard InChI is InChI=1S/C17H19BrN2O/c18-14-8-7-11-9-13(6-5-12(11)10-14)17(21)20-16-4-2-1-3-15(16)19/h5-10,15-16H,1-4,19H2,(H,20,21). The largest absolute Gasteiger partial charge is 0.348 e. The average molecular weight is 347 g/mol. The van der Waals surface area contributed by atoms with E-state index in [1.165, 1.54) is 6.42 Å². The van der Waals surface area contributed by atoms with Gasteiger partial charge in [0.15, 0.2) is 0 Å². The Morgan fingerprint density at radius 3 is 2.62 bits per heavy atom. The lowest BCUT2D eigenvalue weighted by Crippen LogP contribution is -2.49. The molecule has 0 aliphatic heterocycles. The van der Waals surface area contributed by atoms with Gasteiger partial charge in [-0.05, 0) is 47.9 Å². The molecule has 0 spiro atoms. The minimum absolute atomic E-state index is 0.0258. The lowest BCUT2D eigenvalue weighted by Gasteiger charge is -2.29. The molecule has 2 atom stereocenters. The quantitative estimate of drug-likeness (QED) is 0.872. The molecule has 1 aliphatic carbocycles. The second kappa shape index (κ2) is 6.16. The molecular weight excluding hydrogens is 328 g/mol. The molecule has 2 aromatic rings. The zero-order valence-electron chi connectivity index (χ0n) is 11.8. The number of rotatable bonds is 2. The maximum atomic E-state index is 12.4. The van der Waals surface area contributed by atoms with Gasteiger partial charge in [-0.2, -0.15) is 0 Å². The van der Waals surface area contributed by atoms with Crippen LogP contribution in [0.25, 0.3) is 10.8 Å². The maximum absolute atomic E-state index is 12.4. The van der Waals surface area contributed by atoms with Gasteiger partial charge < -0.3 is 11.1 Å². The van der Waals surface area contributed by atoms with E-state index in [9.17, 15) is 4.79 Å². The molecule has 3 nitrogen and oxygen atoms in total. The van der Waals surface area contributed by atoms with Crippen molar-refractivity contribution in [2.24, 2.45) is 5.73 Å². The Morgan fingerprint density at radius 2 is 1.81 bits per heavy atom. The smallest absolute Gasteiger partial charge is 0.251 e. The van der Waals surface area contributed by atoms with Crippen molar-refractivity contribution in [1.29, 1.82) is 0 Å². The van der Waals surface area contributed by atoms with Crippen LogP contribution >= 0.6 is 15.9 Å². The second-order valence-electron chi connectivity index (χ2n) is 5.73. The van der Waals surface area contributed by atoms with Crippen molar-refractivity contribution in [3.05, 3.63) is 46.4 Å². The number of carbonyl (C=O) groups excluding carboxylic acids is 1. The number of amides is 1. The second-order valence-corrected chi connectivity index (χ2v) is 6.65. The van der Waals surface area contributed by atoms with E-state index in [1.807, 2.05) is 36.4 Å². The monoisotopic (exact) mass is 346 g/mol. The van der Waals surface area contributed by atoms with E-state index in [4.69, 9.17) is 5.73 Å². The molecule has 0 heterocycles. The van der Waals surface area contributed by atoms with Crippen LogP contribution in [0.3, 0.4) is 0 Å². The summed E-state index contributed by atoms with van der Waals surface area (Å²) in [7, 11) is 0. The summed E-state index contributed by atoms with van der Waals surface area (Å²) in [5.74, 6) is -0.0258. The van der Waals surface area contributed by atoms with E-state index < -0.39 is 0 Å². The zero-order valence-corrected chi connectivity index (χ0v) is 13.4. The Hall–Kier alpha value is -1.39. The molecule has 110 valence electrons. The van der Waals surface area contributed by atoms with Gasteiger partial charge in [0.2, 0.25) is 0 Å². The zero-order chi connectivity index (χ0) is 14.8. The van der Waals surface area contributed by atoms with Gasteiger partial charge in [-0.15, -0.1) is 0 Å². The maximum Gasteiger partial charge on any atom is 0.251 e. The highest BCUT2D eigenvalue weighted by molar-refractivity contribution is 9.10. The molecule has 1 aliphatic rings. The number of nitrogens with two attached hydrogens (primary N) is 1. The summed E-state index contributed by atoms with van der Waals surface area (Å²) in [6, 6.07) is 12.0. The van der Waals surface area contributed by atoms with Crippen molar-refractivity contribution in [3.63, 3.8) is 0 Å². The van der Waals surface area contributed by atoms with Crippen molar-refractivity contribution in [2.75, 3.05) is 0 Å². The average Bonchev–Trinajstić information content (AvgIpc) is 2.49. The van der Waals surface area contributed by atoms with Crippen LogP contribution in [0.2, 0.25) is 0 Å². The minimum Gasteiger partial charge on any atom is -0.348 e. The van der Waals surface area contributed by atoms with Gasteiger partial charge in [0, 0.05) is 22.1 Å². The first-order valence-electron chi connectivity index (χ1n) is 7.39. The molecule has 3 rings (SSSR count). The van der Waals surface area contributed by atoms with Gasteiger partial charge in [0.05, 0.1) is 0 Å². The number of hydrogen-bond acceptors (Lipinski definition) is 2. The van der Waals surface area contributed by atoms with Crippen molar-refractivity contribution in [3.8, 4) is 0 Å². The number of benzene rings is 2. The van der Waals surface area contributed by atoms with Crippen LogP contribution in [-0.4, -0.2) is 18.0 Å². The van der Waals surface area contributed by atoms with E-state index in [2.05, 4.69) is 21.2 Å². The van der Waals surface area contributed by atoms with E-state index in [0.717, 1.165) is 34.5 Å². The van der Waals surface area contributed by atoms with Gasteiger partial charge in [0.1, 0.15) is 0 Å². The third kappa shape index (κ3) is 3.27. The van der Waals surface area contributed by atoms with Crippen LogP contribution in [0.5, 0.6) is 0 Å². The first-order valence-corrected chi connectivity index (χ1v) is 8.18. The predicted molar refractivity (Wildman–Crippen MR) is 89.3 cm³/mol. The van der Waals surface area contributed by atoms with Crippen LogP contribution < -0.4 is 11.1 Å². The Kier molecular flexibility index (Phi) is 4.27. The summed E-state index contributed by atoms with van der Waals surface area (Å²) < 4.78 is 1.04. The predicted octanol–water partition coefficient (Wildman–Crippen LogP) is 3.60. The topological polar surface area (TPSA) is 55.1 Å². The number of nitrogens with one attached hydrogen (secondary N) is 1. The summed E-state index contributed by atoms with van der Waals surface area (Å²) in [6.07, 6.45) is 4.28. The number of hydrogen-bond donors (Lipinski definition) is 2. The molecule has 3 N–H and O–H groups in total. The fourth-order valence-electron chi connectivity index (χ4n) is 2.95. The molecule has 0 radical (unpaired) electrons. The van der Waals surface area contributed by atoms with Crippen LogP contribution in [0.1, 0.15) is 36.0 Å². The molecule has 21 heavy (non-hydrogen) atoms. The Bertz CT molecular complexity index is 671. The molecule has 2 unspecified atom stereocenters. The van der Waals surface area contributed by atoms with Crippen molar-refractivity contribution < 1.29 is 4.79 Å². The van der Waals surface area contributed by atoms with E-state index >= 15 is 0 Å². The van der Waals surface area contributed by atoms with Crippen LogP contribution in [0, 0.1) is 0 Å². The lowest BCUT2D eigenvalue weighted by atomic mass is 9.91. The fraction of sp³-hybridized carbons (Fsp3) is 0.353. The van der Waals surface area contributed by atoms with Crippen molar-refractivity contribution in [2.45, 2.75) is 37.8 Å². The lowest BCUT2D eigenvalue weighted by molar-refractivity contribution is 0.0921. The van der Waals surface area contributed by atoms with Gasteiger partial charge in [0.25, 0.3) is 5.91 Å². The first kappa shape index (κ1) is 14.5. The highest BCUT2D eigenvalue weighted by Crippen LogP contribution is 2.22. The van der Waals surface area contributed by atoms with Gasteiger partial charge in [-0.3, -0.25) is 4.79 Å². The first-order chi connectivity index (χ1) is 10.1. The minimum atomic E-state index is -0.0258. The van der Waals surface area contributed by atoms with E-state index in [-0.39, 0.29) is 18.0 Å². The molecule has 4 heteroatoms. The Balaban J connectivity index is 1.79. The number of halogens is 1. The Labute approximate surface area is 133 Å². The van der Waals surface area contributed by atoms with Crippen LogP contribution in [0.15, 0.2) is 40.9 Å². The van der Waals surface area contributed by atoms with Crippen molar-refractivity contribution in [1.82, 2.24) is 5.32 Å². The molecule has 1 fully saturated rings. The SMILES string of the molecule is NC1CCCCC1NC(=O)c1ccc2cc(Br)ccc2c1. The summed E-state index contributed by atoms with van der Waals surface area (Å²) in [6.45, 7) is 0. The van der Waals surface area contributed by atoms with Crippen LogP contribution in [0.4, 0.5) is 0 Å². The van der Waals surface area contributed by atoms with Gasteiger partial charge in [-0.25, -0.2) is 0 Å². The number of carbonyl (C=O) groups is 1. The highest BCUT2D eigenvalue weighted by Gasteiger charge is 2.23. The summed E-state index contributed by atoms with van der Waals surface area (Å²) >= 11 is 3.46. The fourth-order valence-corrected chi connectivity index (χ4v) is 3.33. The highest BCUT2D eigenvalue weighted by atomic mass is 79.9. The van der Waals surface area contributed by atoms with Crippen LogP contribution in [-0.2, 0) is 0 Å². The summed E-state index contributed by atoms with van der Waals surface area (Å²) in [4.78, 5) is 12.4. The van der Waals surface area contributed by atoms with Crippen molar-refractivity contribution >= 4 is 32.6 Å². The molecular formula is C17H19BrN2O. The third-order valence-corrected chi connectivity index (χ3v) is 4.69. The molecule has 0 bridgehead atoms. The normalized spacial score (nSPS) is 22.2. The molecule has 2 aromatic carbocycles. The summed E-state index contributed by atoms with van der Waals surface area (Å²) in [5, 5.41) is 5.28. The summed E-state index contributed by atoms with van der Waals surface area (Å²) in [5.41, 5.74) is 6.79. The molecule has 0 aromatic heterocycles. The van der Waals surface area contributed by atoms with E-state index in [0.29, 0.717) is 5.56 Å². The molecule has 0 saturated heterocycles. The molecule has 1 saturated carbocycles.